The van der Waals surface area contributed by atoms with Crippen LogP contribution in [0, 0.1) is 19.7 Å². The Bertz CT molecular complexity index is 1060. The first-order valence-corrected chi connectivity index (χ1v) is 13.9. The van der Waals surface area contributed by atoms with E-state index in [4.69, 9.17) is 0 Å². The second kappa shape index (κ2) is 10.4. The van der Waals surface area contributed by atoms with E-state index in [0.29, 0.717) is 24.2 Å². The lowest BCUT2D eigenvalue weighted by Crippen LogP contribution is -2.48. The first-order valence-electron chi connectivity index (χ1n) is 10.0. The summed E-state index contributed by atoms with van der Waals surface area (Å²) in [4.78, 5) is 14.2. The van der Waals surface area contributed by atoms with E-state index in [1.54, 1.807) is 48.6 Å². The third-order valence-electron chi connectivity index (χ3n) is 5.19. The van der Waals surface area contributed by atoms with Gasteiger partial charge in [-0.2, -0.15) is 16.5 Å². The molecule has 0 spiro atoms. The number of benzene rings is 2. The SMILES string of the molecule is CSCCC(NS(=O)(=O)c1cc(C)ccc1C)C(=O)NC1CCSc2ccc(F)cc21. The average Bonchev–Trinajstić information content (AvgIpc) is 2.73. The lowest BCUT2D eigenvalue weighted by atomic mass is 10.0. The van der Waals surface area contributed by atoms with Crippen LogP contribution in [0.1, 0.15) is 35.6 Å². The summed E-state index contributed by atoms with van der Waals surface area (Å²) < 4.78 is 42.5. The van der Waals surface area contributed by atoms with Crippen LogP contribution in [-0.2, 0) is 14.8 Å². The Morgan fingerprint density at radius 1 is 1.26 bits per heavy atom. The molecule has 1 aliphatic heterocycles. The normalized spacial score (nSPS) is 17.1. The first-order chi connectivity index (χ1) is 14.7. The summed E-state index contributed by atoms with van der Waals surface area (Å²) in [6.45, 7) is 3.56. The van der Waals surface area contributed by atoms with Crippen molar-refractivity contribution < 1.29 is 17.6 Å². The molecule has 1 amide bonds. The highest BCUT2D eigenvalue weighted by molar-refractivity contribution is 7.99. The van der Waals surface area contributed by atoms with Gasteiger partial charge in [0.25, 0.3) is 0 Å². The molecule has 31 heavy (non-hydrogen) atoms. The van der Waals surface area contributed by atoms with Crippen LogP contribution in [-0.4, -0.2) is 38.1 Å². The van der Waals surface area contributed by atoms with Crippen molar-refractivity contribution in [2.75, 3.05) is 17.8 Å². The minimum Gasteiger partial charge on any atom is -0.348 e. The molecule has 0 aliphatic carbocycles. The van der Waals surface area contributed by atoms with E-state index in [9.17, 15) is 17.6 Å². The number of halogens is 1. The molecule has 0 aromatic heterocycles. The number of rotatable bonds is 8. The second-order valence-corrected chi connectivity index (χ2v) is 11.4. The zero-order valence-corrected chi connectivity index (χ0v) is 20.2. The molecule has 5 nitrogen and oxygen atoms in total. The van der Waals surface area contributed by atoms with Crippen molar-refractivity contribution in [2.45, 2.75) is 48.6 Å². The van der Waals surface area contributed by atoms with Crippen LogP contribution in [0.4, 0.5) is 4.39 Å². The maximum absolute atomic E-state index is 13.8. The van der Waals surface area contributed by atoms with Gasteiger partial charge in [0.2, 0.25) is 15.9 Å². The number of carbonyl (C=O) groups excluding carboxylic acids is 1. The quantitative estimate of drug-likeness (QED) is 0.590. The summed E-state index contributed by atoms with van der Waals surface area (Å²) >= 11 is 3.17. The number of amides is 1. The van der Waals surface area contributed by atoms with Gasteiger partial charge >= 0.3 is 0 Å². The lowest BCUT2D eigenvalue weighted by Gasteiger charge is -2.28. The number of hydrogen-bond acceptors (Lipinski definition) is 5. The van der Waals surface area contributed by atoms with Crippen LogP contribution in [0.2, 0.25) is 0 Å². The van der Waals surface area contributed by atoms with Crippen molar-refractivity contribution in [1.29, 1.82) is 0 Å². The number of carbonyl (C=O) groups is 1. The summed E-state index contributed by atoms with van der Waals surface area (Å²) in [5, 5.41) is 2.96. The first kappa shape index (κ1) is 24.1. The van der Waals surface area contributed by atoms with Gasteiger partial charge < -0.3 is 5.32 Å². The van der Waals surface area contributed by atoms with Crippen LogP contribution in [0.15, 0.2) is 46.2 Å². The smallest absolute Gasteiger partial charge is 0.241 e. The maximum atomic E-state index is 13.8. The Morgan fingerprint density at radius 3 is 2.77 bits per heavy atom. The number of sulfonamides is 1. The molecular weight excluding hydrogens is 455 g/mol. The molecule has 2 aromatic rings. The molecule has 0 bridgehead atoms. The van der Waals surface area contributed by atoms with Crippen molar-refractivity contribution >= 4 is 39.5 Å². The maximum Gasteiger partial charge on any atom is 0.241 e. The Hall–Kier alpha value is -1.55. The van der Waals surface area contributed by atoms with E-state index in [0.717, 1.165) is 21.8 Å². The highest BCUT2D eigenvalue weighted by atomic mass is 32.2. The number of hydrogen-bond donors (Lipinski definition) is 2. The summed E-state index contributed by atoms with van der Waals surface area (Å²) in [5.74, 6) is 0.678. The molecule has 0 fully saturated rings. The zero-order valence-electron chi connectivity index (χ0n) is 17.8. The summed E-state index contributed by atoms with van der Waals surface area (Å²) in [5.41, 5.74) is 2.19. The molecular formula is C22H27FN2O3S3. The molecule has 0 saturated heterocycles. The van der Waals surface area contributed by atoms with E-state index >= 15 is 0 Å². The van der Waals surface area contributed by atoms with Crippen molar-refractivity contribution in [3.8, 4) is 0 Å². The number of thioether (sulfide) groups is 2. The molecule has 1 heterocycles. The Kier molecular flexibility index (Phi) is 8.07. The van der Waals surface area contributed by atoms with Crippen LogP contribution in [0.3, 0.4) is 0 Å². The average molecular weight is 483 g/mol. The molecule has 0 radical (unpaired) electrons. The van der Waals surface area contributed by atoms with Gasteiger partial charge in [0.1, 0.15) is 11.9 Å². The van der Waals surface area contributed by atoms with Gasteiger partial charge in [-0.1, -0.05) is 12.1 Å². The zero-order chi connectivity index (χ0) is 22.6. The van der Waals surface area contributed by atoms with E-state index in [2.05, 4.69) is 10.0 Å². The highest BCUT2D eigenvalue weighted by Gasteiger charge is 2.30. The molecule has 0 saturated carbocycles. The minimum atomic E-state index is -3.88. The molecule has 2 unspecified atom stereocenters. The molecule has 168 valence electrons. The van der Waals surface area contributed by atoms with E-state index in [-0.39, 0.29) is 16.8 Å². The van der Waals surface area contributed by atoms with Gasteiger partial charge in [0.05, 0.1) is 10.9 Å². The van der Waals surface area contributed by atoms with Gasteiger partial charge in [-0.15, -0.1) is 11.8 Å². The number of aryl methyl sites for hydroxylation is 2. The molecule has 1 aliphatic rings. The Labute approximate surface area is 192 Å². The van der Waals surface area contributed by atoms with Crippen molar-refractivity contribution in [1.82, 2.24) is 10.0 Å². The highest BCUT2D eigenvalue weighted by Crippen LogP contribution is 2.36. The van der Waals surface area contributed by atoms with Crippen molar-refractivity contribution in [3.05, 3.63) is 58.9 Å². The fourth-order valence-electron chi connectivity index (χ4n) is 3.51. The van der Waals surface area contributed by atoms with Crippen LogP contribution in [0.5, 0.6) is 0 Å². The topological polar surface area (TPSA) is 75.3 Å². The number of fused-ring (bicyclic) bond motifs is 1. The van der Waals surface area contributed by atoms with Crippen LogP contribution >= 0.6 is 23.5 Å². The molecule has 9 heteroatoms. The van der Waals surface area contributed by atoms with E-state index < -0.39 is 22.0 Å². The Morgan fingerprint density at radius 2 is 2.03 bits per heavy atom. The van der Waals surface area contributed by atoms with Crippen molar-refractivity contribution in [3.63, 3.8) is 0 Å². The van der Waals surface area contributed by atoms with Gasteiger partial charge in [0, 0.05) is 10.6 Å². The predicted molar refractivity (Wildman–Crippen MR) is 126 cm³/mol. The van der Waals surface area contributed by atoms with Gasteiger partial charge in [-0.25, -0.2) is 12.8 Å². The second-order valence-electron chi connectivity index (χ2n) is 7.60. The molecule has 2 N–H and O–H groups in total. The van der Waals surface area contributed by atoms with E-state index in [1.807, 2.05) is 19.2 Å². The monoisotopic (exact) mass is 482 g/mol. The van der Waals surface area contributed by atoms with Crippen LogP contribution < -0.4 is 10.0 Å². The molecule has 3 rings (SSSR count). The predicted octanol–water partition coefficient (Wildman–Crippen LogP) is 4.20. The molecule has 2 atom stereocenters. The fourth-order valence-corrected chi connectivity index (χ4v) is 6.65. The lowest BCUT2D eigenvalue weighted by molar-refractivity contribution is -0.123. The van der Waals surface area contributed by atoms with Crippen LogP contribution in [0.25, 0.3) is 0 Å². The third kappa shape index (κ3) is 6.03. The van der Waals surface area contributed by atoms with Gasteiger partial charge in [0.15, 0.2) is 0 Å². The largest absolute Gasteiger partial charge is 0.348 e. The van der Waals surface area contributed by atoms with E-state index in [1.165, 1.54) is 12.1 Å². The third-order valence-corrected chi connectivity index (χ3v) is 8.57. The minimum absolute atomic E-state index is 0.177. The summed E-state index contributed by atoms with van der Waals surface area (Å²) in [6, 6.07) is 8.54. The molecule has 2 aromatic carbocycles. The number of nitrogens with one attached hydrogen (secondary N) is 2. The summed E-state index contributed by atoms with van der Waals surface area (Å²) in [7, 11) is -3.88. The van der Waals surface area contributed by atoms with Gasteiger partial charge in [-0.05, 0) is 79.7 Å². The Balaban J connectivity index is 1.82. The fraction of sp³-hybridized carbons (Fsp3) is 0.409. The standard InChI is InChI=1S/C22H27FN2O3S3/c1-14-4-5-15(2)21(12-14)31(27,28)25-19(8-10-29-3)22(26)24-18-9-11-30-20-7-6-16(23)13-17(18)20/h4-7,12-13,18-19,25H,8-11H2,1-3H3,(H,24,26). The summed E-state index contributed by atoms with van der Waals surface area (Å²) in [6.07, 6.45) is 2.92. The van der Waals surface area contributed by atoms with Gasteiger partial charge in [-0.3, -0.25) is 4.79 Å². The van der Waals surface area contributed by atoms with Crippen molar-refractivity contribution in [2.24, 2.45) is 0 Å².